The monoisotopic (exact) mass is 331 g/mol. The van der Waals surface area contributed by atoms with Crippen molar-refractivity contribution in [3.05, 3.63) is 35.4 Å². The molecule has 0 bridgehead atoms. The molecule has 1 aromatic carbocycles. The van der Waals surface area contributed by atoms with Crippen LogP contribution in [0.2, 0.25) is 0 Å². The second kappa shape index (κ2) is 8.29. The van der Waals surface area contributed by atoms with Crippen molar-refractivity contribution < 1.29 is 19.1 Å². The SMILES string of the molecule is O=C1OC(C(=O)NCCCOC2CCCCC2)Cc2ccccc21. The van der Waals surface area contributed by atoms with Gasteiger partial charge < -0.3 is 14.8 Å². The maximum absolute atomic E-state index is 12.2. The summed E-state index contributed by atoms with van der Waals surface area (Å²) in [5, 5.41) is 2.85. The third kappa shape index (κ3) is 4.35. The Kier molecular flexibility index (Phi) is 5.86. The van der Waals surface area contributed by atoms with Gasteiger partial charge in [-0.15, -0.1) is 0 Å². The highest BCUT2D eigenvalue weighted by Gasteiger charge is 2.30. The number of amides is 1. The van der Waals surface area contributed by atoms with Gasteiger partial charge in [0.05, 0.1) is 11.7 Å². The van der Waals surface area contributed by atoms with Gasteiger partial charge in [0.15, 0.2) is 6.10 Å². The smallest absolute Gasteiger partial charge is 0.339 e. The lowest BCUT2D eigenvalue weighted by Crippen LogP contribution is -2.42. The van der Waals surface area contributed by atoms with Gasteiger partial charge in [-0.3, -0.25) is 4.79 Å². The minimum atomic E-state index is -0.730. The summed E-state index contributed by atoms with van der Waals surface area (Å²) in [4.78, 5) is 24.1. The zero-order chi connectivity index (χ0) is 16.8. The number of rotatable bonds is 6. The maximum atomic E-state index is 12.2. The average molecular weight is 331 g/mol. The van der Waals surface area contributed by atoms with Gasteiger partial charge >= 0.3 is 5.97 Å². The zero-order valence-corrected chi connectivity index (χ0v) is 14.0. The lowest BCUT2D eigenvalue weighted by atomic mass is 9.98. The molecule has 0 spiro atoms. The molecule has 0 saturated heterocycles. The number of carbonyl (C=O) groups is 2. The van der Waals surface area contributed by atoms with Crippen LogP contribution in [0.15, 0.2) is 24.3 Å². The lowest BCUT2D eigenvalue weighted by molar-refractivity contribution is -0.130. The molecule has 1 aromatic rings. The van der Waals surface area contributed by atoms with Crippen LogP contribution in [0, 0.1) is 0 Å². The quantitative estimate of drug-likeness (QED) is 0.643. The number of ether oxygens (including phenoxy) is 2. The number of fused-ring (bicyclic) bond motifs is 1. The largest absolute Gasteiger partial charge is 0.448 e. The third-order valence-electron chi connectivity index (χ3n) is 4.71. The molecule has 3 rings (SSSR count). The second-order valence-corrected chi connectivity index (χ2v) is 6.53. The van der Waals surface area contributed by atoms with Crippen molar-refractivity contribution in [3.8, 4) is 0 Å². The highest BCUT2D eigenvalue weighted by Crippen LogP contribution is 2.21. The molecular formula is C19H25NO4. The summed E-state index contributed by atoms with van der Waals surface area (Å²) in [5.41, 5.74) is 1.43. The van der Waals surface area contributed by atoms with Crippen molar-refractivity contribution >= 4 is 11.9 Å². The summed E-state index contributed by atoms with van der Waals surface area (Å²) in [6.45, 7) is 1.21. The highest BCUT2D eigenvalue weighted by atomic mass is 16.5. The first-order chi connectivity index (χ1) is 11.7. The van der Waals surface area contributed by atoms with Gasteiger partial charge in [-0.1, -0.05) is 37.5 Å². The van der Waals surface area contributed by atoms with Crippen LogP contribution in [0.3, 0.4) is 0 Å². The van der Waals surface area contributed by atoms with E-state index in [2.05, 4.69) is 5.32 Å². The number of cyclic esters (lactones) is 1. The van der Waals surface area contributed by atoms with Crippen LogP contribution in [0.25, 0.3) is 0 Å². The van der Waals surface area contributed by atoms with E-state index in [4.69, 9.17) is 9.47 Å². The number of carbonyl (C=O) groups excluding carboxylic acids is 2. The molecule has 5 heteroatoms. The first-order valence-corrected chi connectivity index (χ1v) is 8.92. The lowest BCUT2D eigenvalue weighted by Gasteiger charge is -2.24. The number of nitrogens with one attached hydrogen (secondary N) is 1. The second-order valence-electron chi connectivity index (χ2n) is 6.53. The minimum absolute atomic E-state index is 0.226. The predicted octanol–water partition coefficient (Wildman–Crippen LogP) is 2.62. The number of hydrogen-bond acceptors (Lipinski definition) is 4. The molecule has 24 heavy (non-hydrogen) atoms. The summed E-state index contributed by atoms with van der Waals surface area (Å²) in [6.07, 6.45) is 7.03. The van der Waals surface area contributed by atoms with Crippen LogP contribution >= 0.6 is 0 Å². The van der Waals surface area contributed by atoms with E-state index in [0.717, 1.165) is 24.8 Å². The molecular weight excluding hydrogens is 306 g/mol. The van der Waals surface area contributed by atoms with E-state index in [-0.39, 0.29) is 5.91 Å². The van der Waals surface area contributed by atoms with Crippen molar-refractivity contribution in [2.75, 3.05) is 13.2 Å². The molecule has 1 aliphatic carbocycles. The Morgan fingerprint density at radius 2 is 2.00 bits per heavy atom. The molecule has 1 fully saturated rings. The number of esters is 1. The van der Waals surface area contributed by atoms with E-state index >= 15 is 0 Å². The normalized spacial score (nSPS) is 21.0. The molecule has 0 aromatic heterocycles. The Morgan fingerprint density at radius 3 is 2.83 bits per heavy atom. The number of benzene rings is 1. The Morgan fingerprint density at radius 1 is 1.21 bits per heavy atom. The first-order valence-electron chi connectivity index (χ1n) is 8.92. The van der Waals surface area contributed by atoms with Crippen molar-refractivity contribution in [2.45, 2.75) is 57.2 Å². The zero-order valence-electron chi connectivity index (χ0n) is 14.0. The fraction of sp³-hybridized carbons (Fsp3) is 0.579. The topological polar surface area (TPSA) is 64.6 Å². The van der Waals surface area contributed by atoms with Crippen LogP contribution in [-0.2, 0) is 20.7 Å². The van der Waals surface area contributed by atoms with E-state index in [1.165, 1.54) is 19.3 Å². The van der Waals surface area contributed by atoms with Gasteiger partial charge in [0.25, 0.3) is 5.91 Å². The third-order valence-corrected chi connectivity index (χ3v) is 4.71. The van der Waals surface area contributed by atoms with Gasteiger partial charge in [0, 0.05) is 19.6 Å². The molecule has 1 heterocycles. The van der Waals surface area contributed by atoms with Crippen LogP contribution in [0.4, 0.5) is 0 Å². The van der Waals surface area contributed by atoms with Crippen molar-refractivity contribution in [2.24, 2.45) is 0 Å². The van der Waals surface area contributed by atoms with Gasteiger partial charge in [0.2, 0.25) is 0 Å². The van der Waals surface area contributed by atoms with E-state index in [1.807, 2.05) is 12.1 Å². The maximum Gasteiger partial charge on any atom is 0.339 e. The van der Waals surface area contributed by atoms with Gasteiger partial charge in [-0.05, 0) is 30.9 Å². The summed E-state index contributed by atoms with van der Waals surface area (Å²) in [7, 11) is 0. The Hall–Kier alpha value is -1.88. The summed E-state index contributed by atoms with van der Waals surface area (Å²) in [5.74, 6) is -0.645. The summed E-state index contributed by atoms with van der Waals surface area (Å²) < 4.78 is 11.1. The van der Waals surface area contributed by atoms with Gasteiger partial charge in [-0.25, -0.2) is 4.79 Å². The van der Waals surface area contributed by atoms with Gasteiger partial charge in [0.1, 0.15) is 0 Å². The Labute approximate surface area is 142 Å². The van der Waals surface area contributed by atoms with Crippen LogP contribution < -0.4 is 5.32 Å². The molecule has 1 atom stereocenters. The average Bonchev–Trinajstić information content (AvgIpc) is 2.62. The Balaban J connectivity index is 1.37. The Bertz CT molecular complexity index is 580. The van der Waals surface area contributed by atoms with Gasteiger partial charge in [-0.2, -0.15) is 0 Å². The molecule has 2 aliphatic rings. The van der Waals surface area contributed by atoms with Crippen LogP contribution in [0.1, 0.15) is 54.4 Å². The standard InChI is InChI=1S/C19H25NO4/c21-18(20-11-6-12-23-15-8-2-1-3-9-15)17-13-14-7-4-5-10-16(14)19(22)24-17/h4-5,7,10,15,17H,1-3,6,8-9,11-13H2,(H,20,21). The summed E-state index contributed by atoms with van der Waals surface area (Å²) in [6, 6.07) is 7.27. The molecule has 1 N–H and O–H groups in total. The van der Waals surface area contributed by atoms with Crippen molar-refractivity contribution in [3.63, 3.8) is 0 Å². The van der Waals surface area contributed by atoms with Crippen molar-refractivity contribution in [1.82, 2.24) is 5.32 Å². The van der Waals surface area contributed by atoms with E-state index in [9.17, 15) is 9.59 Å². The van der Waals surface area contributed by atoms with E-state index in [0.29, 0.717) is 31.2 Å². The summed E-state index contributed by atoms with van der Waals surface area (Å²) >= 11 is 0. The fourth-order valence-corrected chi connectivity index (χ4v) is 3.36. The molecule has 5 nitrogen and oxygen atoms in total. The molecule has 1 unspecified atom stereocenters. The molecule has 1 aliphatic heterocycles. The van der Waals surface area contributed by atoms with Crippen molar-refractivity contribution in [1.29, 1.82) is 0 Å². The van der Waals surface area contributed by atoms with Crippen LogP contribution in [-0.4, -0.2) is 37.2 Å². The highest BCUT2D eigenvalue weighted by molar-refractivity contribution is 5.95. The van der Waals surface area contributed by atoms with Crippen LogP contribution in [0.5, 0.6) is 0 Å². The first kappa shape index (κ1) is 17.0. The van der Waals surface area contributed by atoms with E-state index in [1.54, 1.807) is 12.1 Å². The predicted molar refractivity (Wildman–Crippen MR) is 89.8 cm³/mol. The molecule has 1 amide bonds. The fourth-order valence-electron chi connectivity index (χ4n) is 3.36. The molecule has 0 radical (unpaired) electrons. The number of hydrogen-bond donors (Lipinski definition) is 1. The molecule has 130 valence electrons. The molecule has 1 saturated carbocycles. The minimum Gasteiger partial charge on any atom is -0.448 e. The van der Waals surface area contributed by atoms with E-state index < -0.39 is 12.1 Å².